The molecule has 4 aromatic carbocycles. The van der Waals surface area contributed by atoms with Crippen molar-refractivity contribution in [3.8, 4) is 11.1 Å². The number of aryl methyl sites for hydroxylation is 1. The highest BCUT2D eigenvalue weighted by molar-refractivity contribution is 6.23. The standard InChI is InChI=1S/C32H26N8/c1-5-23-37-26-18-8-6-16(12-20(18)22-14-33-15-36-25(22)29(26)38-23)17-7-9-19-21(13-17)24-28(35-11-10-34-24)30-27(19)39-31(40-30)32(2,3)4/h6-15H,5H2,1-4H3,(H,37,38)(H,39,40). The van der Waals surface area contributed by atoms with Crippen LogP contribution in [-0.2, 0) is 11.8 Å². The van der Waals surface area contributed by atoms with E-state index in [4.69, 9.17) is 19.9 Å². The molecular weight excluding hydrogens is 496 g/mol. The van der Waals surface area contributed by atoms with Gasteiger partial charge in [0, 0.05) is 52.0 Å². The molecule has 0 amide bonds. The average molecular weight is 523 g/mol. The van der Waals surface area contributed by atoms with Gasteiger partial charge in [-0.3, -0.25) is 9.97 Å². The Kier molecular flexibility index (Phi) is 4.60. The van der Waals surface area contributed by atoms with Gasteiger partial charge in [-0.25, -0.2) is 19.9 Å². The van der Waals surface area contributed by atoms with Gasteiger partial charge < -0.3 is 9.97 Å². The van der Waals surface area contributed by atoms with Gasteiger partial charge in [-0.2, -0.15) is 0 Å². The van der Waals surface area contributed by atoms with E-state index in [1.54, 1.807) is 18.7 Å². The van der Waals surface area contributed by atoms with Crippen molar-refractivity contribution in [1.82, 2.24) is 39.9 Å². The highest BCUT2D eigenvalue weighted by Gasteiger charge is 2.22. The molecule has 0 aliphatic heterocycles. The van der Waals surface area contributed by atoms with E-state index in [9.17, 15) is 0 Å². The molecule has 8 rings (SSSR count). The second-order valence-corrected chi connectivity index (χ2v) is 11.4. The van der Waals surface area contributed by atoms with Gasteiger partial charge in [-0.1, -0.05) is 52.0 Å². The lowest BCUT2D eigenvalue weighted by atomic mass is 9.95. The zero-order valence-corrected chi connectivity index (χ0v) is 22.7. The van der Waals surface area contributed by atoms with Gasteiger partial charge in [0.1, 0.15) is 23.5 Å². The van der Waals surface area contributed by atoms with Gasteiger partial charge >= 0.3 is 0 Å². The lowest BCUT2D eigenvalue weighted by Crippen LogP contribution is -2.12. The number of nitrogens with one attached hydrogen (secondary N) is 2. The largest absolute Gasteiger partial charge is 0.340 e. The summed E-state index contributed by atoms with van der Waals surface area (Å²) in [7, 11) is 0. The maximum atomic E-state index is 5.03. The van der Waals surface area contributed by atoms with Crippen LogP contribution < -0.4 is 0 Å². The third kappa shape index (κ3) is 3.19. The summed E-state index contributed by atoms with van der Waals surface area (Å²) in [5.74, 6) is 1.89. The van der Waals surface area contributed by atoms with E-state index in [1.807, 2.05) is 6.20 Å². The van der Waals surface area contributed by atoms with Gasteiger partial charge in [0.25, 0.3) is 0 Å². The summed E-state index contributed by atoms with van der Waals surface area (Å²) in [6.07, 6.45) is 7.81. The number of imidazole rings is 2. The number of fused-ring (bicyclic) bond motifs is 12. The SMILES string of the molecule is CCc1nc2c3ccc(-c4ccc5c(c4)c4nccnc4c4[nH]c(C(C)(C)C)nc54)cc3c3cncnc3c2[nH]1. The first-order valence-corrected chi connectivity index (χ1v) is 13.5. The van der Waals surface area contributed by atoms with Crippen LogP contribution in [0.1, 0.15) is 39.3 Å². The van der Waals surface area contributed by atoms with E-state index in [2.05, 4.69) is 84.0 Å². The maximum absolute atomic E-state index is 5.03. The van der Waals surface area contributed by atoms with Gasteiger partial charge in [0.2, 0.25) is 0 Å². The first kappa shape index (κ1) is 23.0. The van der Waals surface area contributed by atoms with Crippen LogP contribution in [0.4, 0.5) is 0 Å². The van der Waals surface area contributed by atoms with E-state index in [-0.39, 0.29) is 5.41 Å². The molecular formula is C32H26N8. The van der Waals surface area contributed by atoms with Gasteiger partial charge in [-0.05, 0) is 28.6 Å². The average Bonchev–Trinajstić information content (AvgIpc) is 3.63. The summed E-state index contributed by atoms with van der Waals surface area (Å²) >= 11 is 0. The Hall–Kier alpha value is -4.98. The summed E-state index contributed by atoms with van der Waals surface area (Å²) in [6.45, 7) is 8.58. The zero-order chi connectivity index (χ0) is 27.2. The molecule has 8 aromatic rings. The summed E-state index contributed by atoms with van der Waals surface area (Å²) in [4.78, 5) is 35.4. The number of rotatable bonds is 2. The van der Waals surface area contributed by atoms with Crippen LogP contribution in [0.5, 0.6) is 0 Å². The molecule has 194 valence electrons. The summed E-state index contributed by atoms with van der Waals surface area (Å²) in [6, 6.07) is 13.1. The van der Waals surface area contributed by atoms with Gasteiger partial charge in [0.05, 0.1) is 33.1 Å². The van der Waals surface area contributed by atoms with Crippen molar-refractivity contribution in [1.29, 1.82) is 0 Å². The molecule has 4 aromatic heterocycles. The highest BCUT2D eigenvalue weighted by atomic mass is 15.0. The van der Waals surface area contributed by atoms with Crippen LogP contribution in [0.3, 0.4) is 0 Å². The maximum Gasteiger partial charge on any atom is 0.116 e. The number of aromatic amines is 2. The molecule has 8 nitrogen and oxygen atoms in total. The van der Waals surface area contributed by atoms with E-state index >= 15 is 0 Å². The molecule has 0 bridgehead atoms. The van der Waals surface area contributed by atoms with Crippen LogP contribution in [0.15, 0.2) is 61.3 Å². The number of nitrogens with zero attached hydrogens (tertiary/aromatic N) is 6. The quantitative estimate of drug-likeness (QED) is 0.233. The number of aromatic nitrogens is 8. The molecule has 0 saturated carbocycles. The number of H-pyrrole nitrogens is 2. The third-order valence-electron chi connectivity index (χ3n) is 7.81. The Morgan fingerprint density at radius 1 is 0.650 bits per heavy atom. The number of hydrogen-bond acceptors (Lipinski definition) is 6. The minimum Gasteiger partial charge on any atom is -0.340 e. The fraction of sp³-hybridized carbons (Fsp3) is 0.188. The normalized spacial score (nSPS) is 12.6. The lowest BCUT2D eigenvalue weighted by molar-refractivity contribution is 0.554. The molecule has 40 heavy (non-hydrogen) atoms. The highest BCUT2D eigenvalue weighted by Crippen LogP contribution is 2.38. The molecule has 0 atom stereocenters. The van der Waals surface area contributed by atoms with Crippen LogP contribution >= 0.6 is 0 Å². The van der Waals surface area contributed by atoms with Crippen LogP contribution in [0.2, 0.25) is 0 Å². The Bertz CT molecular complexity index is 2300. The van der Waals surface area contributed by atoms with Crippen molar-refractivity contribution >= 4 is 65.5 Å². The molecule has 8 heteroatoms. The fourth-order valence-corrected chi connectivity index (χ4v) is 5.77. The van der Waals surface area contributed by atoms with Crippen LogP contribution in [0, 0.1) is 0 Å². The van der Waals surface area contributed by atoms with Gasteiger partial charge in [0.15, 0.2) is 0 Å². The fourth-order valence-electron chi connectivity index (χ4n) is 5.77. The summed E-state index contributed by atoms with van der Waals surface area (Å²) in [5.41, 5.74) is 8.41. The van der Waals surface area contributed by atoms with E-state index in [1.165, 1.54) is 0 Å². The molecule has 0 aliphatic rings. The number of hydrogen-bond donors (Lipinski definition) is 2. The van der Waals surface area contributed by atoms with Crippen molar-refractivity contribution in [2.45, 2.75) is 39.5 Å². The molecule has 2 N–H and O–H groups in total. The van der Waals surface area contributed by atoms with Crippen molar-refractivity contribution in [3.05, 3.63) is 73.0 Å². The smallest absolute Gasteiger partial charge is 0.116 e. The van der Waals surface area contributed by atoms with Crippen molar-refractivity contribution in [3.63, 3.8) is 0 Å². The Morgan fingerprint density at radius 3 is 2.08 bits per heavy atom. The molecule has 0 radical (unpaired) electrons. The molecule has 0 fully saturated rings. The molecule has 0 unspecified atom stereocenters. The molecule has 0 saturated heterocycles. The minimum absolute atomic E-state index is 0.116. The van der Waals surface area contributed by atoms with E-state index in [0.29, 0.717) is 0 Å². The predicted molar refractivity (Wildman–Crippen MR) is 160 cm³/mol. The Labute approximate surface area is 229 Å². The topological polar surface area (TPSA) is 109 Å². The Morgan fingerprint density at radius 2 is 1.32 bits per heavy atom. The predicted octanol–water partition coefficient (Wildman–Crippen LogP) is 7.16. The molecule has 4 heterocycles. The number of benzene rings is 4. The second kappa shape index (κ2) is 8.02. The monoisotopic (exact) mass is 522 g/mol. The second-order valence-electron chi connectivity index (χ2n) is 11.4. The first-order valence-electron chi connectivity index (χ1n) is 13.5. The van der Waals surface area contributed by atoms with Gasteiger partial charge in [-0.15, -0.1) is 0 Å². The van der Waals surface area contributed by atoms with Crippen molar-refractivity contribution in [2.24, 2.45) is 0 Å². The summed E-state index contributed by atoms with van der Waals surface area (Å²) in [5, 5.41) is 5.26. The summed E-state index contributed by atoms with van der Waals surface area (Å²) < 4.78 is 0. The third-order valence-corrected chi connectivity index (χ3v) is 7.81. The Balaban J connectivity index is 1.41. The van der Waals surface area contributed by atoms with Crippen molar-refractivity contribution in [2.75, 3.05) is 0 Å². The van der Waals surface area contributed by atoms with Crippen molar-refractivity contribution < 1.29 is 0 Å². The zero-order valence-electron chi connectivity index (χ0n) is 22.7. The molecule has 0 aliphatic carbocycles. The lowest BCUT2D eigenvalue weighted by Gasteiger charge is -2.13. The van der Waals surface area contributed by atoms with Crippen LogP contribution in [0.25, 0.3) is 76.7 Å². The van der Waals surface area contributed by atoms with E-state index in [0.717, 1.165) is 94.7 Å². The molecule has 0 spiro atoms. The minimum atomic E-state index is -0.116. The first-order chi connectivity index (χ1) is 19.4. The van der Waals surface area contributed by atoms with Crippen LogP contribution in [-0.4, -0.2) is 39.9 Å². The van der Waals surface area contributed by atoms with E-state index < -0.39 is 0 Å².